The molecule has 176 valence electrons. The Balaban J connectivity index is 1.69. The van der Waals surface area contributed by atoms with Crippen LogP contribution in [-0.4, -0.2) is 19.6 Å². The number of aromatic nitrogens is 3. The van der Waals surface area contributed by atoms with Gasteiger partial charge in [0.2, 0.25) is 0 Å². The van der Waals surface area contributed by atoms with E-state index in [0.717, 1.165) is 50.3 Å². The van der Waals surface area contributed by atoms with Crippen LogP contribution in [0.5, 0.6) is 5.75 Å². The largest absolute Gasteiger partial charge is 0.507 e. The fourth-order valence-electron chi connectivity index (χ4n) is 4.80. The lowest BCUT2D eigenvalue weighted by Crippen LogP contribution is -2.13. The van der Waals surface area contributed by atoms with Crippen LogP contribution in [0.4, 0.5) is 0 Å². The summed E-state index contributed by atoms with van der Waals surface area (Å²) < 4.78 is 2.23. The number of hydrogen-bond donors (Lipinski definition) is 1. The predicted molar refractivity (Wildman–Crippen MR) is 148 cm³/mol. The summed E-state index contributed by atoms with van der Waals surface area (Å²) in [7, 11) is 0. The Morgan fingerprint density at radius 3 is 2.22 bits per heavy atom. The van der Waals surface area contributed by atoms with E-state index in [4.69, 9.17) is 4.98 Å². The Bertz CT molecular complexity index is 1730. The molecule has 0 spiro atoms. The molecule has 0 unspecified atom stereocenters. The maximum atomic E-state index is 10.6. The van der Waals surface area contributed by atoms with E-state index in [2.05, 4.69) is 84.9 Å². The van der Waals surface area contributed by atoms with E-state index in [-0.39, 0.29) is 11.2 Å². The highest BCUT2D eigenvalue weighted by atomic mass is 16.3. The molecule has 36 heavy (non-hydrogen) atoms. The van der Waals surface area contributed by atoms with Crippen molar-refractivity contribution in [2.45, 2.75) is 26.2 Å². The van der Waals surface area contributed by atoms with Crippen molar-refractivity contribution in [1.29, 1.82) is 0 Å². The van der Waals surface area contributed by atoms with E-state index in [0.29, 0.717) is 0 Å². The molecule has 0 saturated carbocycles. The van der Waals surface area contributed by atoms with Crippen molar-refractivity contribution < 1.29 is 5.11 Å². The molecule has 4 nitrogen and oxygen atoms in total. The van der Waals surface area contributed by atoms with Gasteiger partial charge in [0.15, 0.2) is 0 Å². The van der Waals surface area contributed by atoms with Crippen LogP contribution >= 0.6 is 0 Å². The maximum absolute atomic E-state index is 10.6. The first-order valence-electron chi connectivity index (χ1n) is 12.2. The minimum absolute atomic E-state index is 0.102. The number of para-hydroxylation sites is 2. The topological polar surface area (TPSA) is 50.9 Å². The van der Waals surface area contributed by atoms with Gasteiger partial charge in [0, 0.05) is 28.1 Å². The lowest BCUT2D eigenvalue weighted by molar-refractivity contribution is 0.477. The van der Waals surface area contributed by atoms with Crippen molar-refractivity contribution in [3.05, 3.63) is 109 Å². The lowest BCUT2D eigenvalue weighted by Gasteiger charge is -2.22. The highest BCUT2D eigenvalue weighted by molar-refractivity contribution is 6.10. The summed E-state index contributed by atoms with van der Waals surface area (Å²) in [5.74, 6) is 1.05. The van der Waals surface area contributed by atoms with Gasteiger partial charge in [-0.25, -0.2) is 4.98 Å². The molecule has 3 heterocycles. The highest BCUT2D eigenvalue weighted by Crippen LogP contribution is 2.37. The van der Waals surface area contributed by atoms with Crippen molar-refractivity contribution in [2.24, 2.45) is 0 Å². The Morgan fingerprint density at radius 1 is 0.694 bits per heavy atom. The molecule has 1 N–H and O–H groups in total. The fraction of sp³-hybridized carbons (Fsp3) is 0.125. The number of rotatable bonds is 3. The molecule has 3 aromatic carbocycles. The smallest absolute Gasteiger partial charge is 0.138 e. The number of phenolic OH excluding ortho intramolecular Hbond substituents is 1. The van der Waals surface area contributed by atoms with Crippen LogP contribution in [0, 0.1) is 0 Å². The van der Waals surface area contributed by atoms with E-state index in [1.807, 2.05) is 42.6 Å². The molecule has 0 aliphatic rings. The Hall–Kier alpha value is -4.44. The number of phenols is 1. The van der Waals surface area contributed by atoms with E-state index in [1.165, 1.54) is 5.39 Å². The van der Waals surface area contributed by atoms with Crippen molar-refractivity contribution in [3.63, 3.8) is 0 Å². The van der Waals surface area contributed by atoms with Crippen LogP contribution in [0.3, 0.4) is 0 Å². The first-order valence-corrected chi connectivity index (χ1v) is 12.2. The van der Waals surface area contributed by atoms with Crippen LogP contribution in [0.25, 0.3) is 50.1 Å². The third-order valence-corrected chi connectivity index (χ3v) is 6.72. The van der Waals surface area contributed by atoms with Crippen LogP contribution in [-0.2, 0) is 5.41 Å². The first kappa shape index (κ1) is 22.1. The fourth-order valence-corrected chi connectivity index (χ4v) is 4.80. The first-order chi connectivity index (χ1) is 17.4. The normalized spacial score (nSPS) is 11.9. The predicted octanol–water partition coefficient (Wildman–Crippen LogP) is 7.91. The molecule has 6 rings (SSSR count). The molecule has 0 saturated heterocycles. The highest BCUT2D eigenvalue weighted by Gasteiger charge is 2.21. The SMILES string of the molecule is CC(C)(C)c1cc(-c2ccccc2O)nc(-n2c3ccccc3c3ccc(-c4ccccn4)cc32)c1. The average molecular weight is 470 g/mol. The number of hydrogen-bond acceptors (Lipinski definition) is 3. The van der Waals surface area contributed by atoms with Crippen molar-refractivity contribution in [3.8, 4) is 34.1 Å². The van der Waals surface area contributed by atoms with Gasteiger partial charge in [-0.05, 0) is 59.5 Å². The van der Waals surface area contributed by atoms with Gasteiger partial charge in [-0.1, -0.05) is 69.3 Å². The molecule has 0 aliphatic carbocycles. The van der Waals surface area contributed by atoms with Gasteiger partial charge < -0.3 is 5.11 Å². The zero-order chi connectivity index (χ0) is 24.9. The Labute approximate surface area is 210 Å². The van der Waals surface area contributed by atoms with Crippen molar-refractivity contribution >= 4 is 21.8 Å². The van der Waals surface area contributed by atoms with Gasteiger partial charge >= 0.3 is 0 Å². The van der Waals surface area contributed by atoms with Gasteiger partial charge in [-0.2, -0.15) is 0 Å². The van der Waals surface area contributed by atoms with Crippen LogP contribution in [0.1, 0.15) is 26.3 Å². The molecule has 6 aromatic rings. The lowest BCUT2D eigenvalue weighted by atomic mass is 9.86. The zero-order valence-corrected chi connectivity index (χ0v) is 20.6. The average Bonchev–Trinajstić information content (AvgIpc) is 3.22. The number of fused-ring (bicyclic) bond motifs is 3. The van der Waals surface area contributed by atoms with Gasteiger partial charge in [0.05, 0.1) is 22.4 Å². The van der Waals surface area contributed by atoms with Gasteiger partial charge in [-0.15, -0.1) is 0 Å². The third-order valence-electron chi connectivity index (χ3n) is 6.72. The van der Waals surface area contributed by atoms with Gasteiger partial charge in [0.25, 0.3) is 0 Å². The minimum atomic E-state index is -0.102. The second-order valence-corrected chi connectivity index (χ2v) is 10.2. The standard InChI is InChI=1S/C32H27N3O/c1-32(2,3)22-19-27(25-11-5-7-14-30(25)36)34-31(20-22)35-28-13-6-4-10-23(28)24-16-15-21(18-29(24)35)26-12-8-9-17-33-26/h4-20,36H,1-3H3. The van der Waals surface area contributed by atoms with Crippen LogP contribution in [0.15, 0.2) is 103 Å². The number of nitrogens with zero attached hydrogens (tertiary/aromatic N) is 3. The molecule has 3 aromatic heterocycles. The Kier molecular flexibility index (Phi) is 5.11. The summed E-state index contributed by atoms with van der Waals surface area (Å²) in [5, 5.41) is 13.0. The molecule has 0 radical (unpaired) electrons. The molecule has 0 bridgehead atoms. The quantitative estimate of drug-likeness (QED) is 0.286. The molecular weight excluding hydrogens is 442 g/mol. The van der Waals surface area contributed by atoms with Gasteiger partial charge in [0.1, 0.15) is 11.6 Å². The third kappa shape index (κ3) is 3.72. The monoisotopic (exact) mass is 469 g/mol. The van der Waals surface area contributed by atoms with Crippen LogP contribution < -0.4 is 0 Å². The Morgan fingerprint density at radius 2 is 1.44 bits per heavy atom. The second-order valence-electron chi connectivity index (χ2n) is 10.2. The summed E-state index contributed by atoms with van der Waals surface area (Å²) in [6, 6.07) is 32.6. The minimum Gasteiger partial charge on any atom is -0.507 e. The van der Waals surface area contributed by atoms with Gasteiger partial charge in [-0.3, -0.25) is 9.55 Å². The summed E-state index contributed by atoms with van der Waals surface area (Å²) in [6.45, 7) is 6.60. The molecule has 0 aliphatic heterocycles. The number of pyridine rings is 2. The van der Waals surface area contributed by atoms with E-state index in [9.17, 15) is 5.11 Å². The summed E-state index contributed by atoms with van der Waals surface area (Å²) in [4.78, 5) is 9.68. The van der Waals surface area contributed by atoms with Crippen molar-refractivity contribution in [1.82, 2.24) is 14.5 Å². The second kappa shape index (κ2) is 8.35. The molecular formula is C32H27N3O. The molecule has 0 fully saturated rings. The van der Waals surface area contributed by atoms with Crippen molar-refractivity contribution in [2.75, 3.05) is 0 Å². The van der Waals surface area contributed by atoms with E-state index >= 15 is 0 Å². The zero-order valence-electron chi connectivity index (χ0n) is 20.6. The van der Waals surface area contributed by atoms with Crippen LogP contribution in [0.2, 0.25) is 0 Å². The summed E-state index contributed by atoms with van der Waals surface area (Å²) in [5.41, 5.74) is 6.67. The molecule has 4 heteroatoms. The molecule has 0 atom stereocenters. The van der Waals surface area contributed by atoms with E-state index in [1.54, 1.807) is 6.07 Å². The number of aromatic hydroxyl groups is 1. The maximum Gasteiger partial charge on any atom is 0.138 e. The number of benzene rings is 3. The molecule has 0 amide bonds. The summed E-state index contributed by atoms with van der Waals surface area (Å²) in [6.07, 6.45) is 1.82. The van der Waals surface area contributed by atoms with E-state index < -0.39 is 0 Å². The summed E-state index contributed by atoms with van der Waals surface area (Å²) >= 11 is 0.